The minimum Gasteiger partial charge on any atom is -0.398 e. The highest BCUT2D eigenvalue weighted by Crippen LogP contribution is 2.29. The molecule has 5 nitrogen and oxygen atoms in total. The largest absolute Gasteiger partial charge is 0.398 e. The molecular weight excluding hydrogens is 377 g/mol. The van der Waals surface area contributed by atoms with Crippen molar-refractivity contribution in [1.29, 1.82) is 0 Å². The Morgan fingerprint density at radius 3 is 2.67 bits per heavy atom. The molecule has 0 saturated carbocycles. The molecule has 0 aliphatic rings. The molecule has 0 spiro atoms. The van der Waals surface area contributed by atoms with Gasteiger partial charge in [0.1, 0.15) is 0 Å². The van der Waals surface area contributed by atoms with Crippen LogP contribution in [0.2, 0.25) is 10.0 Å². The number of benzene rings is 2. The molecule has 1 aromatic heterocycles. The first-order chi connectivity index (χ1) is 10.1. The second kappa shape index (κ2) is 5.63. The second-order valence-electron chi connectivity index (χ2n) is 4.25. The summed E-state index contributed by atoms with van der Waals surface area (Å²) < 4.78 is 2.34. The topological polar surface area (TPSA) is 69.6 Å². The number of rotatable bonds is 2. The lowest BCUT2D eigenvalue weighted by Gasteiger charge is -2.08. The summed E-state index contributed by atoms with van der Waals surface area (Å²) >= 11 is 15.6. The van der Waals surface area contributed by atoms with E-state index in [0.29, 0.717) is 27.2 Å². The maximum atomic E-state index is 6.20. The van der Waals surface area contributed by atoms with E-state index in [4.69, 9.17) is 28.9 Å². The third-order valence-corrected chi connectivity index (χ3v) is 4.14. The van der Waals surface area contributed by atoms with E-state index in [1.807, 2.05) is 12.1 Å². The number of hydrogen-bond acceptors (Lipinski definition) is 4. The first-order valence-corrected chi connectivity index (χ1v) is 7.40. The quantitative estimate of drug-likeness (QED) is 0.678. The van der Waals surface area contributed by atoms with Crippen molar-refractivity contribution >= 4 is 44.8 Å². The Bertz CT molecular complexity index is 818. The number of nitrogen functional groups attached to an aromatic ring is 1. The van der Waals surface area contributed by atoms with Crippen LogP contribution in [-0.2, 0) is 0 Å². The number of nitrogens with two attached hydrogens (primary N) is 1. The van der Waals surface area contributed by atoms with E-state index in [9.17, 15) is 0 Å². The number of halogens is 3. The zero-order chi connectivity index (χ0) is 15.0. The summed E-state index contributed by atoms with van der Waals surface area (Å²) in [6.45, 7) is 0. The van der Waals surface area contributed by atoms with Gasteiger partial charge >= 0.3 is 0 Å². The minimum atomic E-state index is 0.498. The van der Waals surface area contributed by atoms with Crippen LogP contribution >= 0.6 is 39.1 Å². The van der Waals surface area contributed by atoms with E-state index in [2.05, 4.69) is 31.5 Å². The molecule has 8 heteroatoms. The van der Waals surface area contributed by atoms with Crippen molar-refractivity contribution in [3.63, 3.8) is 0 Å². The van der Waals surface area contributed by atoms with Gasteiger partial charge in [0.15, 0.2) is 5.82 Å². The Morgan fingerprint density at radius 2 is 1.90 bits per heavy atom. The number of hydrogen-bond donors (Lipinski definition) is 1. The van der Waals surface area contributed by atoms with Crippen LogP contribution < -0.4 is 5.73 Å². The summed E-state index contributed by atoms with van der Waals surface area (Å²) in [7, 11) is 0. The third-order valence-electron chi connectivity index (χ3n) is 2.86. The molecule has 3 aromatic rings. The maximum absolute atomic E-state index is 6.20. The average Bonchev–Trinajstić information content (AvgIpc) is 2.93. The summed E-state index contributed by atoms with van der Waals surface area (Å²) in [4.78, 5) is 0. The van der Waals surface area contributed by atoms with Gasteiger partial charge in [-0.25, -0.2) is 0 Å². The zero-order valence-electron chi connectivity index (χ0n) is 10.5. The molecule has 0 unspecified atom stereocenters. The molecule has 0 radical (unpaired) electrons. The molecule has 0 bridgehead atoms. The highest BCUT2D eigenvalue weighted by atomic mass is 79.9. The fourth-order valence-electron chi connectivity index (χ4n) is 1.86. The lowest BCUT2D eigenvalue weighted by atomic mass is 10.2. The van der Waals surface area contributed by atoms with Gasteiger partial charge in [-0.05, 0) is 62.8 Å². The van der Waals surface area contributed by atoms with E-state index in [1.165, 1.54) is 4.68 Å². The second-order valence-corrected chi connectivity index (χ2v) is 5.94. The molecule has 0 atom stereocenters. The number of aromatic nitrogens is 4. The van der Waals surface area contributed by atoms with Crippen molar-refractivity contribution in [2.24, 2.45) is 0 Å². The van der Waals surface area contributed by atoms with Crippen LogP contribution in [0, 0.1) is 0 Å². The van der Waals surface area contributed by atoms with Gasteiger partial charge in [0, 0.05) is 20.7 Å². The summed E-state index contributed by atoms with van der Waals surface area (Å²) in [6.07, 6.45) is 0. The van der Waals surface area contributed by atoms with E-state index in [0.717, 1.165) is 10.0 Å². The van der Waals surface area contributed by atoms with Crippen LogP contribution in [0.15, 0.2) is 40.9 Å². The lowest BCUT2D eigenvalue weighted by Crippen LogP contribution is -2.01. The predicted octanol–water partition coefficient (Wildman–Crippen LogP) is 3.98. The van der Waals surface area contributed by atoms with Gasteiger partial charge in [-0.2, -0.15) is 4.68 Å². The fourth-order valence-corrected chi connectivity index (χ4v) is 2.47. The molecule has 0 fully saturated rings. The van der Waals surface area contributed by atoms with E-state index < -0.39 is 0 Å². The molecule has 0 aliphatic carbocycles. The molecule has 0 saturated heterocycles. The molecule has 0 aliphatic heterocycles. The van der Waals surface area contributed by atoms with Crippen LogP contribution in [0.4, 0.5) is 5.69 Å². The van der Waals surface area contributed by atoms with Gasteiger partial charge in [-0.15, -0.1) is 5.10 Å². The van der Waals surface area contributed by atoms with Gasteiger partial charge in [0.05, 0.1) is 10.7 Å². The summed E-state index contributed by atoms with van der Waals surface area (Å²) in [5.41, 5.74) is 7.87. The van der Waals surface area contributed by atoms with Crippen molar-refractivity contribution in [2.45, 2.75) is 0 Å². The van der Waals surface area contributed by atoms with E-state index in [1.54, 1.807) is 24.3 Å². The van der Waals surface area contributed by atoms with E-state index in [-0.39, 0.29) is 0 Å². The molecule has 106 valence electrons. The predicted molar refractivity (Wildman–Crippen MR) is 86.7 cm³/mol. The zero-order valence-corrected chi connectivity index (χ0v) is 13.6. The van der Waals surface area contributed by atoms with Gasteiger partial charge in [-0.1, -0.05) is 23.2 Å². The number of anilines is 1. The highest BCUT2D eigenvalue weighted by molar-refractivity contribution is 9.10. The first kappa shape index (κ1) is 14.3. The molecule has 1 heterocycles. The molecule has 3 rings (SSSR count). The summed E-state index contributed by atoms with van der Waals surface area (Å²) in [6, 6.07) is 10.6. The van der Waals surface area contributed by atoms with Crippen molar-refractivity contribution in [2.75, 3.05) is 5.73 Å². The SMILES string of the molecule is Nc1cc(-c2nnnn2-c2cc(Cl)ccc2Cl)ccc1Br. The van der Waals surface area contributed by atoms with Crippen LogP contribution in [0.5, 0.6) is 0 Å². The van der Waals surface area contributed by atoms with Gasteiger partial charge in [0.2, 0.25) is 0 Å². The molecule has 2 aromatic carbocycles. The molecule has 21 heavy (non-hydrogen) atoms. The highest BCUT2D eigenvalue weighted by Gasteiger charge is 2.14. The van der Waals surface area contributed by atoms with Crippen LogP contribution in [0.3, 0.4) is 0 Å². The molecule has 0 amide bonds. The normalized spacial score (nSPS) is 10.8. The van der Waals surface area contributed by atoms with Crippen LogP contribution in [0.1, 0.15) is 0 Å². The Hall–Kier alpha value is -1.63. The van der Waals surface area contributed by atoms with Crippen LogP contribution in [-0.4, -0.2) is 20.2 Å². The minimum absolute atomic E-state index is 0.498. The van der Waals surface area contributed by atoms with E-state index >= 15 is 0 Å². The van der Waals surface area contributed by atoms with Crippen molar-refractivity contribution in [3.8, 4) is 17.1 Å². The third kappa shape index (κ3) is 2.74. The van der Waals surface area contributed by atoms with Gasteiger partial charge < -0.3 is 5.73 Å². The van der Waals surface area contributed by atoms with Gasteiger partial charge in [0.25, 0.3) is 0 Å². The summed E-state index contributed by atoms with van der Waals surface area (Å²) in [5, 5.41) is 12.8. The smallest absolute Gasteiger partial charge is 0.187 e. The van der Waals surface area contributed by atoms with Crippen LogP contribution in [0.25, 0.3) is 17.1 Å². The average molecular weight is 385 g/mol. The Kier molecular flexibility index (Phi) is 3.84. The van der Waals surface area contributed by atoms with Crippen molar-refractivity contribution in [3.05, 3.63) is 50.9 Å². The summed E-state index contributed by atoms with van der Waals surface area (Å²) in [5.74, 6) is 0.526. The van der Waals surface area contributed by atoms with Crippen molar-refractivity contribution < 1.29 is 0 Å². The first-order valence-electron chi connectivity index (χ1n) is 5.85. The molecule has 2 N–H and O–H groups in total. The number of tetrazole rings is 1. The molecular formula is C13H8BrCl2N5. The lowest BCUT2D eigenvalue weighted by molar-refractivity contribution is 0.791. The Morgan fingerprint density at radius 1 is 1.10 bits per heavy atom. The fraction of sp³-hybridized carbons (Fsp3) is 0. The Balaban J connectivity index is 2.17. The standard InChI is InChI=1S/C13H8BrCl2N5/c14-9-3-1-7(5-11(9)17)13-18-19-20-21(13)12-6-8(15)2-4-10(12)16/h1-6H,17H2. The van der Waals surface area contributed by atoms with Crippen molar-refractivity contribution in [1.82, 2.24) is 20.2 Å². The number of nitrogens with zero attached hydrogens (tertiary/aromatic N) is 4. The maximum Gasteiger partial charge on any atom is 0.187 e. The van der Waals surface area contributed by atoms with Gasteiger partial charge in [-0.3, -0.25) is 0 Å². The monoisotopic (exact) mass is 383 g/mol. The Labute approximate surface area is 138 Å².